The molecule has 0 radical (unpaired) electrons. The van der Waals surface area contributed by atoms with Crippen molar-refractivity contribution < 1.29 is 19.1 Å². The summed E-state index contributed by atoms with van der Waals surface area (Å²) in [5, 5.41) is 26.2. The first-order valence-corrected chi connectivity index (χ1v) is 13.3. The summed E-state index contributed by atoms with van der Waals surface area (Å²) in [6, 6.07) is 2.83. The lowest BCUT2D eigenvalue weighted by molar-refractivity contribution is -0.136. The number of carbonyl (C=O) groups excluding carboxylic acids is 2. The third-order valence-corrected chi connectivity index (χ3v) is 8.63. The van der Waals surface area contributed by atoms with Gasteiger partial charge in [0.15, 0.2) is 0 Å². The fourth-order valence-electron chi connectivity index (χ4n) is 2.79. The Hall–Kier alpha value is -1.08. The molecule has 11 heteroatoms. The van der Waals surface area contributed by atoms with Gasteiger partial charge in [0.1, 0.15) is 5.82 Å². The van der Waals surface area contributed by atoms with Crippen LogP contribution in [0.4, 0.5) is 10.1 Å². The first-order chi connectivity index (χ1) is 13.8. The average molecular weight is 557 g/mol. The summed E-state index contributed by atoms with van der Waals surface area (Å²) in [5.41, 5.74) is 0.107. The molecular weight excluding hydrogens is 534 g/mol. The first-order valence-electron chi connectivity index (χ1n) is 8.88. The number of carbonyl (C=O) groups is 2. The molecular formula is C18H23ClFIN4O3S. The fourth-order valence-corrected chi connectivity index (χ4v) is 5.36. The second kappa shape index (κ2) is 11.9. The largest absolute Gasteiger partial charge is 0.391 e. The lowest BCUT2D eigenvalue weighted by atomic mass is 9.98. The Bertz CT molecular complexity index is 805. The number of rotatable bonds is 6. The number of aliphatic hydroxyl groups is 1. The number of thioether (sulfide) groups is 1. The Morgan fingerprint density at radius 1 is 1.45 bits per heavy atom. The quantitative estimate of drug-likeness (QED) is 0.121. The number of nitrogens with one attached hydrogen (secondary N) is 4. The van der Waals surface area contributed by atoms with Gasteiger partial charge in [-0.15, -0.1) is 20.7 Å². The molecule has 2 amide bonds. The molecule has 2 unspecified atom stereocenters. The van der Waals surface area contributed by atoms with Crippen LogP contribution in [0.5, 0.6) is 0 Å². The third kappa shape index (κ3) is 7.28. The summed E-state index contributed by atoms with van der Waals surface area (Å²) in [7, 11) is 0. The van der Waals surface area contributed by atoms with Crippen molar-refractivity contribution in [1.82, 2.24) is 10.6 Å². The molecule has 7 nitrogen and oxygen atoms in total. The molecule has 29 heavy (non-hydrogen) atoms. The van der Waals surface area contributed by atoms with Crippen LogP contribution < -0.4 is 16.0 Å². The minimum absolute atomic E-state index is 0.0870. The number of hydrogen-bond acceptors (Lipinski definition) is 6. The number of piperidine rings is 1. The molecule has 5 N–H and O–H groups in total. The van der Waals surface area contributed by atoms with Gasteiger partial charge in [0.2, 0.25) is 0 Å². The summed E-state index contributed by atoms with van der Waals surface area (Å²) in [4.78, 5) is 26.7. The molecule has 2 rings (SSSR count). The van der Waals surface area contributed by atoms with Gasteiger partial charge in [0, 0.05) is 14.6 Å². The number of alkyl halides is 1. The van der Waals surface area contributed by atoms with E-state index >= 15 is 0 Å². The van der Waals surface area contributed by atoms with Crippen LogP contribution >= 0.6 is 44.1 Å². The second-order valence-electron chi connectivity index (χ2n) is 6.26. The second-order valence-corrected chi connectivity index (χ2v) is 10.9. The topological polar surface area (TPSA) is 114 Å². The predicted octanol–water partition coefficient (Wildman–Crippen LogP) is 2.48. The Kier molecular flexibility index (Phi) is 9.96. The van der Waals surface area contributed by atoms with E-state index in [1.165, 1.54) is 12.1 Å². The van der Waals surface area contributed by atoms with Gasteiger partial charge in [-0.05, 0) is 42.5 Å². The van der Waals surface area contributed by atoms with Gasteiger partial charge in [0.25, 0.3) is 0 Å². The maximum absolute atomic E-state index is 13.5. The van der Waals surface area contributed by atoms with E-state index < -0.39 is 23.7 Å². The van der Waals surface area contributed by atoms with Crippen LogP contribution in [0.25, 0.3) is 0 Å². The van der Waals surface area contributed by atoms with Gasteiger partial charge in [-0.2, -0.15) is 0 Å². The van der Waals surface area contributed by atoms with Crippen molar-refractivity contribution in [3.63, 3.8) is 0 Å². The highest BCUT2D eigenvalue weighted by Gasteiger charge is 2.31. The monoisotopic (exact) mass is 556 g/mol. The number of halogens is 3. The van der Waals surface area contributed by atoms with E-state index in [4.69, 9.17) is 17.0 Å². The SMILES string of the molecule is CI=C(CO)SC(=N)C(NC(=O)C(=O)Nc1ccc(Cl)c(F)c1)C1CCCCN1. The average Bonchev–Trinajstić information content (AvgIpc) is 2.73. The minimum atomic E-state index is -0.959. The lowest BCUT2D eigenvalue weighted by Gasteiger charge is -2.32. The lowest BCUT2D eigenvalue weighted by Crippen LogP contribution is -2.56. The minimum Gasteiger partial charge on any atom is -0.391 e. The van der Waals surface area contributed by atoms with Crippen molar-refractivity contribution in [1.29, 1.82) is 5.41 Å². The van der Waals surface area contributed by atoms with E-state index in [2.05, 4.69) is 16.0 Å². The maximum Gasteiger partial charge on any atom is 0.313 e. The molecule has 1 heterocycles. The first kappa shape index (κ1) is 24.2. The van der Waals surface area contributed by atoms with E-state index in [-0.39, 0.29) is 49.1 Å². The van der Waals surface area contributed by atoms with Gasteiger partial charge < -0.3 is 21.1 Å². The summed E-state index contributed by atoms with van der Waals surface area (Å²) in [6.07, 6.45) is 2.72. The molecule has 0 bridgehead atoms. The summed E-state index contributed by atoms with van der Waals surface area (Å²) in [5.74, 6) is -2.58. The molecule has 1 fully saturated rings. The number of benzene rings is 1. The Morgan fingerprint density at radius 2 is 2.21 bits per heavy atom. The van der Waals surface area contributed by atoms with Crippen LogP contribution in [-0.4, -0.2) is 55.0 Å². The van der Waals surface area contributed by atoms with Crippen molar-refractivity contribution in [3.05, 3.63) is 29.0 Å². The molecule has 1 saturated heterocycles. The number of amides is 2. The van der Waals surface area contributed by atoms with Gasteiger partial charge in [-0.1, -0.05) is 29.8 Å². The molecule has 2 atom stereocenters. The summed E-state index contributed by atoms with van der Waals surface area (Å²) < 4.78 is 14.3. The van der Waals surface area contributed by atoms with Crippen molar-refractivity contribution in [2.45, 2.75) is 31.3 Å². The zero-order valence-electron chi connectivity index (χ0n) is 15.7. The van der Waals surface area contributed by atoms with Crippen LogP contribution in [-0.2, 0) is 9.59 Å². The van der Waals surface area contributed by atoms with Gasteiger partial charge in [-0.25, -0.2) is 4.39 Å². The highest BCUT2D eigenvalue weighted by Crippen LogP contribution is 2.21. The molecule has 0 aromatic heterocycles. The number of aliphatic hydroxyl groups excluding tert-OH is 1. The fraction of sp³-hybridized carbons (Fsp3) is 0.444. The van der Waals surface area contributed by atoms with Crippen molar-refractivity contribution >= 4 is 69.5 Å². The summed E-state index contributed by atoms with van der Waals surface area (Å²) in [6.45, 7) is 0.653. The van der Waals surface area contributed by atoms with Crippen LogP contribution in [0.3, 0.4) is 0 Å². The molecule has 0 spiro atoms. The van der Waals surface area contributed by atoms with Crippen molar-refractivity contribution in [2.24, 2.45) is 0 Å². The highest BCUT2D eigenvalue weighted by molar-refractivity contribution is 14.2. The smallest absolute Gasteiger partial charge is 0.313 e. The molecule has 1 aliphatic rings. The molecule has 0 saturated carbocycles. The predicted molar refractivity (Wildman–Crippen MR) is 125 cm³/mol. The zero-order chi connectivity index (χ0) is 21.4. The van der Waals surface area contributed by atoms with Crippen LogP contribution in [0.1, 0.15) is 19.3 Å². The van der Waals surface area contributed by atoms with Crippen LogP contribution in [0.15, 0.2) is 18.2 Å². The molecule has 1 aromatic carbocycles. The maximum atomic E-state index is 13.5. The number of anilines is 1. The number of hydrogen-bond donors (Lipinski definition) is 5. The Labute approximate surface area is 187 Å². The highest BCUT2D eigenvalue weighted by atomic mass is 127. The molecule has 160 valence electrons. The summed E-state index contributed by atoms with van der Waals surface area (Å²) >= 11 is 6.39. The normalized spacial score (nSPS) is 18.3. The van der Waals surface area contributed by atoms with Crippen molar-refractivity contribution in [2.75, 3.05) is 23.4 Å². The standard InChI is InChI=1S/C18H23ClFIN4O3S/c1-21-14(9-26)29-16(22)15(13-4-2-3-7-23-13)25-18(28)17(27)24-10-5-6-11(19)12(20)8-10/h5-6,8,13,15,22-23,26H,2-4,7,9H2,1H3,(H,24,27)(H,25,28). The van der Waals surface area contributed by atoms with Gasteiger partial charge in [-0.3, -0.25) is 15.0 Å². The van der Waals surface area contributed by atoms with E-state index in [9.17, 15) is 19.1 Å². The third-order valence-electron chi connectivity index (χ3n) is 4.26. The van der Waals surface area contributed by atoms with E-state index in [1.807, 2.05) is 4.93 Å². The Morgan fingerprint density at radius 3 is 2.79 bits per heavy atom. The van der Waals surface area contributed by atoms with E-state index in [0.29, 0.717) is 0 Å². The molecule has 1 aliphatic heterocycles. The van der Waals surface area contributed by atoms with Crippen LogP contribution in [0, 0.1) is 11.2 Å². The van der Waals surface area contributed by atoms with E-state index in [0.717, 1.165) is 46.5 Å². The molecule has 0 aliphatic carbocycles. The van der Waals surface area contributed by atoms with Gasteiger partial charge in [0.05, 0.1) is 22.7 Å². The van der Waals surface area contributed by atoms with E-state index in [1.54, 1.807) is 0 Å². The zero-order valence-corrected chi connectivity index (χ0v) is 19.5. The van der Waals surface area contributed by atoms with Crippen molar-refractivity contribution in [3.8, 4) is 0 Å². The van der Waals surface area contributed by atoms with Crippen LogP contribution in [0.2, 0.25) is 5.02 Å². The molecule has 1 aromatic rings. The van der Waals surface area contributed by atoms with Gasteiger partial charge >= 0.3 is 11.8 Å². The Balaban J connectivity index is 2.09.